The molecule has 0 radical (unpaired) electrons. The molecule has 1 heterocycles. The van der Waals surface area contributed by atoms with E-state index in [1.54, 1.807) is 0 Å². The van der Waals surface area contributed by atoms with E-state index in [9.17, 15) is 0 Å². The maximum Gasteiger partial charge on any atom is 1.00 e. The van der Waals surface area contributed by atoms with Crippen molar-refractivity contribution in [3.8, 4) is 11.8 Å². The summed E-state index contributed by atoms with van der Waals surface area (Å²) in [5.41, 5.74) is 0. The van der Waals surface area contributed by atoms with E-state index >= 15 is 0 Å². The van der Waals surface area contributed by atoms with E-state index in [-0.39, 0.29) is 51.4 Å². The van der Waals surface area contributed by atoms with Crippen LogP contribution in [0.1, 0.15) is 0 Å². The summed E-state index contributed by atoms with van der Waals surface area (Å²) in [4.78, 5) is 2.27. The monoisotopic (exact) mass is 177 g/mol. The predicted molar refractivity (Wildman–Crippen MR) is 40.4 cm³/mol. The molecule has 0 N–H and O–H groups in total. The number of ether oxygens (including phenoxy) is 1. The maximum absolute atomic E-state index is 5.17. The molecule has 0 amide bonds. The van der Waals surface area contributed by atoms with E-state index in [4.69, 9.17) is 4.74 Å². The van der Waals surface area contributed by atoms with Gasteiger partial charge in [-0.1, -0.05) is 0 Å². The van der Waals surface area contributed by atoms with Gasteiger partial charge in [0.05, 0.1) is 13.2 Å². The Labute approximate surface area is 111 Å². The summed E-state index contributed by atoms with van der Waals surface area (Å²) in [5, 5.41) is 0. The zero-order valence-corrected chi connectivity index (χ0v) is 10.2. The molecule has 0 bridgehead atoms. The standard InChI is InChI=1S/C8H12NO.K/c1-2-3-4-9-5-7-10-8-6-9;/h1,4-8H2;/q-1;+1. The predicted octanol–water partition coefficient (Wildman–Crippen LogP) is -2.84. The summed E-state index contributed by atoms with van der Waals surface area (Å²) in [6.45, 7) is 8.00. The fourth-order valence-corrected chi connectivity index (χ4v) is 0.927. The van der Waals surface area contributed by atoms with Gasteiger partial charge in [-0.05, 0) is 6.54 Å². The van der Waals surface area contributed by atoms with Crippen molar-refractivity contribution >= 4 is 0 Å². The van der Waals surface area contributed by atoms with Crippen molar-refractivity contribution in [1.82, 2.24) is 4.90 Å². The fraction of sp³-hybridized carbons (Fsp3) is 0.625. The first-order valence-electron chi connectivity index (χ1n) is 3.48. The van der Waals surface area contributed by atoms with E-state index in [0.717, 1.165) is 32.8 Å². The summed E-state index contributed by atoms with van der Waals surface area (Å²) < 4.78 is 5.17. The maximum atomic E-state index is 5.17. The molecule has 2 nitrogen and oxygen atoms in total. The van der Waals surface area contributed by atoms with Crippen LogP contribution in [0, 0.1) is 18.8 Å². The third-order valence-corrected chi connectivity index (χ3v) is 1.53. The Morgan fingerprint density at radius 2 is 2.00 bits per heavy atom. The molecule has 0 atom stereocenters. The Morgan fingerprint density at radius 3 is 2.55 bits per heavy atom. The van der Waals surface area contributed by atoms with E-state index in [2.05, 4.69) is 23.7 Å². The molecule has 1 aliphatic rings. The Bertz CT molecular complexity index is 144. The summed E-state index contributed by atoms with van der Waals surface area (Å²) in [6.07, 6.45) is 0. The molecule has 1 rings (SSSR count). The molecule has 1 aliphatic heterocycles. The topological polar surface area (TPSA) is 12.5 Å². The van der Waals surface area contributed by atoms with Crippen LogP contribution < -0.4 is 51.4 Å². The molecule has 0 saturated carbocycles. The first-order valence-corrected chi connectivity index (χ1v) is 3.48. The summed E-state index contributed by atoms with van der Waals surface area (Å²) in [5.74, 6) is 5.56. The summed E-state index contributed by atoms with van der Waals surface area (Å²) >= 11 is 0. The number of hydrogen-bond acceptors (Lipinski definition) is 2. The van der Waals surface area contributed by atoms with Crippen molar-refractivity contribution in [3.63, 3.8) is 0 Å². The second-order valence-electron chi connectivity index (χ2n) is 2.24. The molecule has 0 aliphatic carbocycles. The Hall–Kier alpha value is 0.986. The normalized spacial score (nSPS) is 17.8. The van der Waals surface area contributed by atoms with Gasteiger partial charge in [0, 0.05) is 13.1 Å². The van der Waals surface area contributed by atoms with Crippen molar-refractivity contribution in [1.29, 1.82) is 0 Å². The Balaban J connectivity index is 0.000001000. The quantitative estimate of drug-likeness (QED) is 0.243. The van der Waals surface area contributed by atoms with Crippen LogP contribution in [-0.4, -0.2) is 37.7 Å². The van der Waals surface area contributed by atoms with Crippen LogP contribution in [0.5, 0.6) is 0 Å². The molecule has 0 spiro atoms. The third-order valence-electron chi connectivity index (χ3n) is 1.53. The second kappa shape index (κ2) is 7.63. The molecule has 0 aromatic carbocycles. The summed E-state index contributed by atoms with van der Waals surface area (Å²) in [6, 6.07) is 0. The Morgan fingerprint density at radius 1 is 1.36 bits per heavy atom. The minimum Gasteiger partial charge on any atom is -0.379 e. The van der Waals surface area contributed by atoms with Crippen LogP contribution >= 0.6 is 0 Å². The number of nitrogens with zero attached hydrogens (tertiary/aromatic N) is 1. The van der Waals surface area contributed by atoms with Gasteiger partial charge in [0.1, 0.15) is 0 Å². The average molecular weight is 177 g/mol. The number of morpholine rings is 1. The van der Waals surface area contributed by atoms with E-state index in [0.29, 0.717) is 0 Å². The minimum absolute atomic E-state index is 0. The van der Waals surface area contributed by atoms with Crippen molar-refractivity contribution in [2.24, 2.45) is 0 Å². The van der Waals surface area contributed by atoms with E-state index in [1.165, 1.54) is 0 Å². The van der Waals surface area contributed by atoms with Gasteiger partial charge in [0.15, 0.2) is 0 Å². The largest absolute Gasteiger partial charge is 1.00 e. The van der Waals surface area contributed by atoms with Gasteiger partial charge in [0.25, 0.3) is 0 Å². The van der Waals surface area contributed by atoms with Gasteiger partial charge in [-0.15, -0.1) is 0 Å². The van der Waals surface area contributed by atoms with Crippen LogP contribution in [0.2, 0.25) is 0 Å². The van der Waals surface area contributed by atoms with Gasteiger partial charge in [-0.25, -0.2) is 0 Å². The molecule has 0 aromatic rings. The summed E-state index contributed by atoms with van der Waals surface area (Å²) in [7, 11) is 0. The molecule has 0 aromatic heterocycles. The molecule has 3 heteroatoms. The molecule has 1 saturated heterocycles. The molecular weight excluding hydrogens is 165 g/mol. The van der Waals surface area contributed by atoms with Gasteiger partial charge in [-0.3, -0.25) is 5.92 Å². The minimum atomic E-state index is 0. The smallest absolute Gasteiger partial charge is 0.379 e. The third kappa shape index (κ3) is 5.26. The van der Waals surface area contributed by atoms with Gasteiger partial charge >= 0.3 is 51.4 Å². The van der Waals surface area contributed by atoms with Crippen molar-refractivity contribution in [2.75, 3.05) is 32.8 Å². The van der Waals surface area contributed by atoms with Crippen LogP contribution in [0.4, 0.5) is 0 Å². The SMILES string of the molecule is [CH2-]C#CCN1CCOCC1.[K+]. The van der Waals surface area contributed by atoms with Crippen molar-refractivity contribution in [2.45, 2.75) is 0 Å². The zero-order valence-electron chi connectivity index (χ0n) is 7.10. The van der Waals surface area contributed by atoms with Crippen molar-refractivity contribution < 1.29 is 56.1 Å². The molecule has 0 unspecified atom stereocenters. The molecule has 1 fully saturated rings. The molecular formula is C8H12KNO. The fourth-order valence-electron chi connectivity index (χ4n) is 0.927. The first kappa shape index (κ1) is 12.0. The number of rotatable bonds is 1. The molecule has 11 heavy (non-hydrogen) atoms. The van der Waals surface area contributed by atoms with E-state index in [1.807, 2.05) is 0 Å². The van der Waals surface area contributed by atoms with E-state index < -0.39 is 0 Å². The average Bonchev–Trinajstić information content (AvgIpc) is 2.03. The molecule has 56 valence electrons. The van der Waals surface area contributed by atoms with Gasteiger partial charge in [-0.2, -0.15) is 6.92 Å². The second-order valence-corrected chi connectivity index (χ2v) is 2.24. The first-order chi connectivity index (χ1) is 4.93. The van der Waals surface area contributed by atoms with Crippen LogP contribution in [-0.2, 0) is 4.74 Å². The Kier molecular flexibility index (Phi) is 8.31. The van der Waals surface area contributed by atoms with Gasteiger partial charge < -0.3 is 15.6 Å². The van der Waals surface area contributed by atoms with Crippen LogP contribution in [0.25, 0.3) is 0 Å². The van der Waals surface area contributed by atoms with Gasteiger partial charge in [0.2, 0.25) is 0 Å². The zero-order chi connectivity index (χ0) is 7.23. The van der Waals surface area contributed by atoms with Crippen LogP contribution in [0.15, 0.2) is 0 Å². The number of hydrogen-bond donors (Lipinski definition) is 0. The van der Waals surface area contributed by atoms with Crippen LogP contribution in [0.3, 0.4) is 0 Å². The van der Waals surface area contributed by atoms with Crippen molar-refractivity contribution in [3.05, 3.63) is 6.92 Å².